The van der Waals surface area contributed by atoms with Crippen LogP contribution in [0.4, 0.5) is 5.82 Å². The van der Waals surface area contributed by atoms with E-state index in [9.17, 15) is 19.3 Å². The molecule has 5 N–H and O–H groups in total. The normalized spacial score (nSPS) is 15.6. The number of rotatable bonds is 14. The summed E-state index contributed by atoms with van der Waals surface area (Å²) in [6.07, 6.45) is 3.61. The second kappa shape index (κ2) is 11.7. The smallest absolute Gasteiger partial charge is 0.323 e. The molecule has 0 amide bonds. The third-order valence-corrected chi connectivity index (χ3v) is 7.15. The number of nitrogens with zero attached hydrogens (tertiary/aromatic N) is 4. The number of nitrogens with two attached hydrogens (primary N) is 1. The molecule has 0 saturated carbocycles. The Kier molecular flexibility index (Phi) is 9.51. The van der Waals surface area contributed by atoms with Crippen molar-refractivity contribution in [2.24, 2.45) is 0 Å². The minimum Gasteiger partial charge on any atom is -0.480 e. The van der Waals surface area contributed by atoms with E-state index in [1.807, 2.05) is 6.92 Å². The second-order valence-corrected chi connectivity index (χ2v) is 10.8. The minimum absolute atomic E-state index is 0.250. The highest BCUT2D eigenvalue weighted by Gasteiger charge is 2.38. The quantitative estimate of drug-likeness (QED) is 0.168. The molecule has 0 aliphatic carbocycles. The van der Waals surface area contributed by atoms with Crippen LogP contribution < -0.4 is 15.9 Å². The molecule has 190 valence electrons. The first-order valence-corrected chi connectivity index (χ1v) is 12.9. The highest BCUT2D eigenvalue weighted by molar-refractivity contribution is 7.59. The van der Waals surface area contributed by atoms with Crippen LogP contribution in [0.5, 0.6) is 0 Å². The first-order valence-electron chi connectivity index (χ1n) is 11.0. The maximum absolute atomic E-state index is 13.7. The van der Waals surface area contributed by atoms with Gasteiger partial charge in [0.15, 0.2) is 11.5 Å². The lowest BCUT2D eigenvalue weighted by atomic mass is 10.1. The molecule has 13 nitrogen and oxygen atoms in total. The number of carboxylic acids is 1. The highest BCUT2D eigenvalue weighted by atomic mass is 31.2. The summed E-state index contributed by atoms with van der Waals surface area (Å²) in [5.41, 5.74) is 5.25. The van der Waals surface area contributed by atoms with Crippen molar-refractivity contribution >= 4 is 36.4 Å². The van der Waals surface area contributed by atoms with Crippen molar-refractivity contribution in [2.45, 2.75) is 71.7 Å². The van der Waals surface area contributed by atoms with Crippen molar-refractivity contribution in [3.05, 3.63) is 12.7 Å². The van der Waals surface area contributed by atoms with Crippen LogP contribution in [0.3, 0.4) is 0 Å². The number of carbonyl (C=O) groups excluding carboxylic acids is 1. The van der Waals surface area contributed by atoms with Crippen LogP contribution in [0.15, 0.2) is 12.7 Å². The van der Waals surface area contributed by atoms with E-state index in [1.165, 1.54) is 27.1 Å². The van der Waals surface area contributed by atoms with Gasteiger partial charge in [-0.3, -0.25) is 14.2 Å². The van der Waals surface area contributed by atoms with Gasteiger partial charge in [0.2, 0.25) is 7.44 Å². The molecule has 2 heterocycles. The summed E-state index contributed by atoms with van der Waals surface area (Å²) in [4.78, 5) is 36.2. The number of ether oxygens (including phenoxy) is 2. The largest absolute Gasteiger partial charge is 0.480 e. The third kappa shape index (κ3) is 7.45. The van der Waals surface area contributed by atoms with Gasteiger partial charge in [0, 0.05) is 0 Å². The van der Waals surface area contributed by atoms with Crippen molar-refractivity contribution in [3.63, 3.8) is 0 Å². The van der Waals surface area contributed by atoms with E-state index in [1.54, 1.807) is 17.8 Å². The second-order valence-electron chi connectivity index (χ2n) is 8.59. The number of esters is 1. The fraction of sp³-hybridized carbons (Fsp3) is 0.650. The predicted octanol–water partition coefficient (Wildman–Crippen LogP) is 1.74. The number of anilines is 1. The van der Waals surface area contributed by atoms with Crippen LogP contribution in [0.1, 0.15) is 47.5 Å². The number of aromatic nitrogens is 4. The molecule has 2 rings (SSSR count). The molecular weight excluding hydrogens is 465 g/mol. The average Bonchev–Trinajstić information content (AvgIpc) is 3.16. The first kappa shape index (κ1) is 27.6. The molecule has 0 spiro atoms. The van der Waals surface area contributed by atoms with Gasteiger partial charge in [-0.15, -0.1) is 0 Å². The Labute approximate surface area is 198 Å². The van der Waals surface area contributed by atoms with E-state index < -0.39 is 37.1 Å². The zero-order valence-electron chi connectivity index (χ0n) is 20.1. The van der Waals surface area contributed by atoms with Crippen LogP contribution in [0.25, 0.3) is 11.2 Å². The number of hydrogen-bond acceptors (Lipinski definition) is 9. The zero-order valence-corrected chi connectivity index (χ0v) is 21.0. The lowest BCUT2D eigenvalue weighted by Gasteiger charge is -2.31. The number of aliphatic carboxylic acids is 1. The Morgan fingerprint density at radius 3 is 2.65 bits per heavy atom. The van der Waals surface area contributed by atoms with Crippen molar-refractivity contribution in [2.75, 3.05) is 18.7 Å². The molecule has 2 unspecified atom stereocenters. The maximum atomic E-state index is 13.7. The van der Waals surface area contributed by atoms with Gasteiger partial charge in [-0.2, -0.15) is 0 Å². The number of nitrogens with one attached hydrogen (secondary N) is 2. The van der Waals surface area contributed by atoms with E-state index in [2.05, 4.69) is 25.1 Å². The first-order chi connectivity index (χ1) is 15.9. The summed E-state index contributed by atoms with van der Waals surface area (Å²) in [5, 5.41) is 14.8. The summed E-state index contributed by atoms with van der Waals surface area (Å²) >= 11 is 0. The summed E-state index contributed by atoms with van der Waals surface area (Å²) in [6, 6.07) is -0.948. The monoisotopic (exact) mass is 499 g/mol. The molecule has 0 bridgehead atoms. The minimum atomic E-state index is -3.72. The molecule has 0 saturated heterocycles. The fourth-order valence-corrected chi connectivity index (χ4v) is 5.40. The van der Waals surface area contributed by atoms with E-state index in [-0.39, 0.29) is 18.8 Å². The molecule has 0 aromatic carbocycles. The van der Waals surface area contributed by atoms with Crippen molar-refractivity contribution < 1.29 is 28.7 Å². The van der Waals surface area contributed by atoms with Gasteiger partial charge >= 0.3 is 11.9 Å². The molecule has 14 heteroatoms. The molecule has 0 fully saturated rings. The number of fused-ring (bicyclic) bond motifs is 1. The maximum Gasteiger partial charge on any atom is 0.323 e. The predicted molar refractivity (Wildman–Crippen MR) is 126 cm³/mol. The molecule has 0 radical (unpaired) electrons. The Balaban J connectivity index is 2.10. The standard InChI is InChI=1S/C20H34N7O6P/c1-6-7-8-32-18(28)14(3)25-34(31,26-20(4,5)19(29)30)12-33-13(2)9-27-11-24-15-16(21)22-10-23-17(15)27/h10-11,13-14H,6-9,12H2,1-5H3,(H,29,30)(H2,21,22,23)(H2,25,26,31)/t13?,14?,34-/m0/s1. The van der Waals surface area contributed by atoms with Gasteiger partial charge in [-0.25, -0.2) is 25.1 Å². The molecule has 3 atom stereocenters. The van der Waals surface area contributed by atoms with E-state index >= 15 is 0 Å². The van der Waals surface area contributed by atoms with Gasteiger partial charge in [0.25, 0.3) is 0 Å². The number of carbonyl (C=O) groups is 2. The number of carboxylic acid groups (broad SMARTS) is 1. The van der Waals surface area contributed by atoms with Crippen LogP contribution >= 0.6 is 7.44 Å². The molecule has 0 aliphatic rings. The van der Waals surface area contributed by atoms with Crippen molar-refractivity contribution in [1.82, 2.24) is 29.7 Å². The number of unbranched alkanes of at least 4 members (excludes halogenated alkanes) is 1. The summed E-state index contributed by atoms with van der Waals surface area (Å²) in [5.74, 6) is -1.53. The lowest BCUT2D eigenvalue weighted by molar-refractivity contribution is -0.145. The van der Waals surface area contributed by atoms with E-state index in [4.69, 9.17) is 15.2 Å². The average molecular weight is 500 g/mol. The Morgan fingerprint density at radius 2 is 2.00 bits per heavy atom. The number of imidazole rings is 1. The molecular formula is C20H34N7O6P. The lowest BCUT2D eigenvalue weighted by Crippen LogP contribution is -2.49. The molecule has 0 aliphatic heterocycles. The van der Waals surface area contributed by atoms with Crippen LogP contribution in [0.2, 0.25) is 0 Å². The van der Waals surface area contributed by atoms with Crippen LogP contribution in [0, 0.1) is 0 Å². The molecule has 2 aromatic rings. The Morgan fingerprint density at radius 1 is 1.29 bits per heavy atom. The Hall–Kier alpha value is -2.60. The van der Waals surface area contributed by atoms with Crippen LogP contribution in [-0.4, -0.2) is 67.2 Å². The highest BCUT2D eigenvalue weighted by Crippen LogP contribution is 2.40. The topological polar surface area (TPSA) is 184 Å². The molecule has 34 heavy (non-hydrogen) atoms. The van der Waals surface area contributed by atoms with Gasteiger partial charge in [0.1, 0.15) is 29.8 Å². The van der Waals surface area contributed by atoms with Gasteiger partial charge < -0.3 is 24.9 Å². The van der Waals surface area contributed by atoms with E-state index in [0.29, 0.717) is 24.1 Å². The Bertz CT molecular complexity index is 1040. The zero-order chi connectivity index (χ0) is 25.5. The van der Waals surface area contributed by atoms with Crippen molar-refractivity contribution in [3.8, 4) is 0 Å². The fourth-order valence-electron chi connectivity index (χ4n) is 3.00. The number of hydrogen-bond donors (Lipinski definition) is 4. The SMILES string of the molecule is CCCCOC(=O)C(C)N[P@@](=O)(COC(C)Cn1cnc2c(N)ncnc21)NC(C)(C)C(=O)O. The van der Waals surface area contributed by atoms with E-state index in [0.717, 1.165) is 6.42 Å². The summed E-state index contributed by atoms with van der Waals surface area (Å²) in [6.45, 7) is 8.53. The third-order valence-electron chi connectivity index (χ3n) is 4.92. The summed E-state index contributed by atoms with van der Waals surface area (Å²) < 4.78 is 26.4. The van der Waals surface area contributed by atoms with Crippen molar-refractivity contribution in [1.29, 1.82) is 0 Å². The van der Waals surface area contributed by atoms with Gasteiger partial charge in [0.05, 0.1) is 25.6 Å². The van der Waals surface area contributed by atoms with Gasteiger partial charge in [-0.1, -0.05) is 13.3 Å². The number of nitrogen functional groups attached to an aromatic ring is 1. The summed E-state index contributed by atoms with van der Waals surface area (Å²) in [7, 11) is -3.72. The van der Waals surface area contributed by atoms with Gasteiger partial charge in [-0.05, 0) is 34.1 Å². The molecule has 2 aromatic heterocycles. The van der Waals surface area contributed by atoms with Crippen LogP contribution in [-0.2, 0) is 30.2 Å².